The molecule has 7 atom stereocenters. The molecule has 0 saturated carbocycles. The van der Waals surface area contributed by atoms with Crippen molar-refractivity contribution in [2.24, 2.45) is 0 Å². The monoisotopic (exact) mass is 1010 g/mol. The zero-order chi connectivity index (χ0) is 50.5. The third-order valence-corrected chi connectivity index (χ3v) is 14.9. The zero-order valence-corrected chi connectivity index (χ0v) is 45.5. The van der Waals surface area contributed by atoms with Crippen LogP contribution in [0.15, 0.2) is 0 Å². The van der Waals surface area contributed by atoms with E-state index in [4.69, 9.17) is 9.47 Å². The van der Waals surface area contributed by atoms with Gasteiger partial charge in [-0.1, -0.05) is 277 Å². The number of aliphatic hydroxyl groups excluding tert-OH is 4. The molecule has 0 aliphatic carbocycles. The first kappa shape index (κ1) is 66.1. The second-order valence-electron chi connectivity index (χ2n) is 21.0. The Labute approximate surface area is 424 Å². The summed E-state index contributed by atoms with van der Waals surface area (Å²) in [7, 11) is -5.07. The Morgan fingerprint density at radius 2 is 0.841 bits per heavy atom. The second kappa shape index (κ2) is 46.9. The minimum Gasteiger partial charge on any atom is -0.394 e. The number of nitrogens with one attached hydrogen (secondary N) is 1. The molecule has 0 radical (unpaired) electrons. The summed E-state index contributed by atoms with van der Waals surface area (Å²) in [5.74, 6) is -0.223. The van der Waals surface area contributed by atoms with Crippen molar-refractivity contribution in [3.05, 3.63) is 0 Å². The summed E-state index contributed by atoms with van der Waals surface area (Å²) >= 11 is 0. The van der Waals surface area contributed by atoms with Crippen molar-refractivity contribution in [2.45, 2.75) is 339 Å². The molecule has 1 amide bonds. The summed E-state index contributed by atoms with van der Waals surface area (Å²) in [6.45, 7) is 3.48. The predicted molar refractivity (Wildman–Crippen MR) is 283 cm³/mol. The van der Waals surface area contributed by atoms with E-state index in [1.54, 1.807) is 0 Å². The lowest BCUT2D eigenvalue weighted by Crippen LogP contribution is -2.61. The van der Waals surface area contributed by atoms with Crippen LogP contribution >= 0.6 is 0 Å². The summed E-state index contributed by atoms with van der Waals surface area (Å²) < 4.78 is 47.8. The van der Waals surface area contributed by atoms with Crippen molar-refractivity contribution in [3.8, 4) is 0 Å². The number of aliphatic hydroxyl groups is 4. The van der Waals surface area contributed by atoms with Crippen LogP contribution < -0.4 is 5.32 Å². The van der Waals surface area contributed by atoms with Crippen LogP contribution in [-0.4, -0.2) is 95.4 Å². The molecular formula is C56H111NO11S. The molecular weight excluding hydrogens is 895 g/mol. The average molecular weight is 1010 g/mol. The van der Waals surface area contributed by atoms with E-state index in [0.717, 1.165) is 51.4 Å². The van der Waals surface area contributed by atoms with Crippen LogP contribution in [0.25, 0.3) is 0 Å². The van der Waals surface area contributed by atoms with Crippen LogP contribution in [0.1, 0.15) is 296 Å². The summed E-state index contributed by atoms with van der Waals surface area (Å²) in [6.07, 6.45) is 45.7. The van der Waals surface area contributed by atoms with E-state index >= 15 is 0 Å². The van der Waals surface area contributed by atoms with Crippen LogP contribution in [0.5, 0.6) is 0 Å². The Hall–Kier alpha value is -0.900. The molecule has 1 rings (SSSR count). The van der Waals surface area contributed by atoms with Crippen LogP contribution in [-0.2, 0) is 28.9 Å². The third kappa shape index (κ3) is 39.3. The maximum Gasteiger partial charge on any atom is 0.397 e. The first-order valence-corrected chi connectivity index (χ1v) is 30.8. The van der Waals surface area contributed by atoms with Crippen molar-refractivity contribution < 1.29 is 51.8 Å². The number of ether oxygens (including phenoxy) is 2. The van der Waals surface area contributed by atoms with Crippen molar-refractivity contribution in [2.75, 3.05) is 13.2 Å². The van der Waals surface area contributed by atoms with Gasteiger partial charge in [0.1, 0.15) is 24.4 Å². The first-order chi connectivity index (χ1) is 33.5. The van der Waals surface area contributed by atoms with Gasteiger partial charge in [-0.25, -0.2) is 4.18 Å². The maximum absolute atomic E-state index is 13.1. The average Bonchev–Trinajstić information content (AvgIpc) is 3.32. The quantitative estimate of drug-likeness (QED) is 0.0251. The minimum absolute atomic E-state index is 0.223. The topological polar surface area (TPSA) is 192 Å². The molecule has 1 fully saturated rings. The number of amides is 1. The molecule has 1 aliphatic heterocycles. The van der Waals surface area contributed by atoms with Gasteiger partial charge in [0.15, 0.2) is 6.29 Å². The van der Waals surface area contributed by atoms with Crippen LogP contribution in [0.4, 0.5) is 0 Å². The molecule has 0 aromatic rings. The number of carbonyl (C=O) groups excluding carboxylic acids is 1. The molecule has 12 nitrogen and oxygen atoms in total. The molecule has 1 saturated heterocycles. The molecule has 0 spiro atoms. The fourth-order valence-electron chi connectivity index (χ4n) is 9.88. The Morgan fingerprint density at radius 1 is 0.522 bits per heavy atom. The number of hydrogen-bond donors (Lipinski definition) is 6. The summed E-state index contributed by atoms with van der Waals surface area (Å²) in [4.78, 5) is 13.1. The van der Waals surface area contributed by atoms with Crippen molar-refractivity contribution >= 4 is 16.3 Å². The van der Waals surface area contributed by atoms with Gasteiger partial charge in [-0.2, -0.15) is 8.42 Å². The Morgan fingerprint density at radius 3 is 1.16 bits per heavy atom. The zero-order valence-electron chi connectivity index (χ0n) is 44.7. The predicted octanol–water partition coefficient (Wildman–Crippen LogP) is 13.7. The number of rotatable bonds is 52. The van der Waals surface area contributed by atoms with Crippen molar-refractivity contribution in [1.82, 2.24) is 5.32 Å². The smallest absolute Gasteiger partial charge is 0.394 e. The number of unbranched alkanes of at least 4 members (excludes halogenated alkanes) is 40. The molecule has 6 N–H and O–H groups in total. The normalized spacial score (nSPS) is 19.6. The van der Waals surface area contributed by atoms with E-state index in [-0.39, 0.29) is 12.5 Å². The van der Waals surface area contributed by atoms with Crippen LogP contribution in [0.3, 0.4) is 0 Å². The molecule has 13 heteroatoms. The van der Waals surface area contributed by atoms with E-state index in [2.05, 4.69) is 23.3 Å². The Bertz CT molecular complexity index is 1230. The number of carbonyl (C=O) groups is 1. The van der Waals surface area contributed by atoms with E-state index in [1.807, 2.05) is 0 Å². The maximum atomic E-state index is 13.1. The molecule has 0 bridgehead atoms. The van der Waals surface area contributed by atoms with Crippen LogP contribution in [0.2, 0.25) is 0 Å². The lowest BCUT2D eigenvalue weighted by molar-refractivity contribution is -0.298. The fourth-order valence-corrected chi connectivity index (χ4v) is 10.4. The van der Waals surface area contributed by atoms with E-state index < -0.39 is 59.9 Å². The molecule has 1 heterocycles. The SMILES string of the molecule is CCCCCCCCCCCCCCCCCCCCCCCCCCCCCCCCC(=O)NC(COC1OC(CO)C(O)C(OS(=O)(=O)O)C1O)C(O)CCCCCCCCCCCCCC. The fraction of sp³-hybridized carbons (Fsp3) is 0.982. The standard InChI is InChI=1S/C56H111NO11S/c1-3-5-7-9-11-13-15-17-18-19-20-21-22-23-24-25-26-27-28-29-30-31-32-33-34-36-38-40-42-44-46-52(60)57-49(50(59)45-43-41-39-37-35-16-14-12-10-8-6-4-2)48-66-56-54(62)55(68-69(63,64)65)53(61)51(47-58)67-56/h49-51,53-56,58-59,61-62H,3-48H2,1-2H3,(H,57,60)(H,63,64,65). The summed E-state index contributed by atoms with van der Waals surface area (Å²) in [5, 5.41) is 45.0. The Kier molecular flexibility index (Phi) is 44.9. The Balaban J connectivity index is 2.21. The number of hydrogen-bond acceptors (Lipinski definition) is 10. The van der Waals surface area contributed by atoms with Crippen molar-refractivity contribution in [3.63, 3.8) is 0 Å². The highest BCUT2D eigenvalue weighted by Crippen LogP contribution is 2.26. The summed E-state index contributed by atoms with van der Waals surface area (Å²) in [6, 6.07) is -0.852. The molecule has 1 aliphatic rings. The van der Waals surface area contributed by atoms with Gasteiger partial charge in [0.2, 0.25) is 5.91 Å². The lowest BCUT2D eigenvalue weighted by atomic mass is 9.99. The molecule has 412 valence electrons. The van der Waals surface area contributed by atoms with Gasteiger partial charge in [0.25, 0.3) is 0 Å². The van der Waals surface area contributed by atoms with Gasteiger partial charge < -0.3 is 35.2 Å². The molecule has 0 aromatic heterocycles. The summed E-state index contributed by atoms with van der Waals surface area (Å²) in [5.41, 5.74) is 0. The van der Waals surface area contributed by atoms with Gasteiger partial charge in [-0.05, 0) is 12.8 Å². The van der Waals surface area contributed by atoms with Gasteiger partial charge in [-0.15, -0.1) is 0 Å². The van der Waals surface area contributed by atoms with E-state index in [9.17, 15) is 38.2 Å². The highest BCUT2D eigenvalue weighted by molar-refractivity contribution is 7.80. The van der Waals surface area contributed by atoms with Gasteiger partial charge >= 0.3 is 10.4 Å². The largest absolute Gasteiger partial charge is 0.397 e. The third-order valence-electron chi connectivity index (χ3n) is 14.4. The molecule has 69 heavy (non-hydrogen) atoms. The van der Waals surface area contributed by atoms with Crippen LogP contribution in [0, 0.1) is 0 Å². The highest BCUT2D eigenvalue weighted by Gasteiger charge is 2.48. The van der Waals surface area contributed by atoms with Gasteiger partial charge in [0.05, 0.1) is 25.4 Å². The van der Waals surface area contributed by atoms with Crippen molar-refractivity contribution in [1.29, 1.82) is 0 Å². The molecule has 0 aromatic carbocycles. The minimum atomic E-state index is -5.07. The molecule has 7 unspecified atom stereocenters. The second-order valence-corrected chi connectivity index (χ2v) is 22.0. The highest BCUT2D eigenvalue weighted by atomic mass is 32.3. The van der Waals surface area contributed by atoms with Gasteiger partial charge in [-0.3, -0.25) is 9.35 Å². The van der Waals surface area contributed by atoms with Gasteiger partial charge in [0, 0.05) is 6.42 Å². The van der Waals surface area contributed by atoms with E-state index in [0.29, 0.717) is 12.8 Å². The van der Waals surface area contributed by atoms with E-state index in [1.165, 1.54) is 218 Å². The first-order valence-electron chi connectivity index (χ1n) is 29.4. The lowest BCUT2D eigenvalue weighted by Gasteiger charge is -2.41.